The third kappa shape index (κ3) is 4.17. The zero-order valence-electron chi connectivity index (χ0n) is 12.5. The monoisotopic (exact) mass is 298 g/mol. The second-order valence-corrected chi connectivity index (χ2v) is 4.99. The van der Waals surface area contributed by atoms with Gasteiger partial charge in [-0.25, -0.2) is 0 Å². The summed E-state index contributed by atoms with van der Waals surface area (Å²) in [5, 5.41) is 2.70. The summed E-state index contributed by atoms with van der Waals surface area (Å²) in [6.07, 6.45) is 0. The molecule has 0 aliphatic heterocycles. The van der Waals surface area contributed by atoms with Gasteiger partial charge in [0.2, 0.25) is 5.91 Å². The van der Waals surface area contributed by atoms with Crippen molar-refractivity contribution in [2.45, 2.75) is 19.9 Å². The maximum absolute atomic E-state index is 11.6. The summed E-state index contributed by atoms with van der Waals surface area (Å²) in [6, 6.07) is 13.3. The SMILES string of the molecule is CC(=O)c1ccc(Oc2cccc(NC(=O)C(C)N)c2)cc1. The number of rotatable bonds is 5. The average molecular weight is 298 g/mol. The van der Waals surface area contributed by atoms with E-state index in [1.165, 1.54) is 6.92 Å². The number of carbonyl (C=O) groups excluding carboxylic acids is 2. The maximum Gasteiger partial charge on any atom is 0.241 e. The third-order valence-corrected chi connectivity index (χ3v) is 3.01. The highest BCUT2D eigenvalue weighted by atomic mass is 16.5. The molecule has 0 bridgehead atoms. The molecule has 22 heavy (non-hydrogen) atoms. The van der Waals surface area contributed by atoms with Crippen LogP contribution in [0.15, 0.2) is 48.5 Å². The Morgan fingerprint density at radius 1 is 1.09 bits per heavy atom. The Balaban J connectivity index is 2.09. The van der Waals surface area contributed by atoms with E-state index in [-0.39, 0.29) is 11.7 Å². The van der Waals surface area contributed by atoms with E-state index in [1.54, 1.807) is 55.5 Å². The number of ketones is 1. The Hall–Kier alpha value is -2.66. The largest absolute Gasteiger partial charge is 0.457 e. The number of anilines is 1. The van der Waals surface area contributed by atoms with Crippen molar-refractivity contribution >= 4 is 17.4 Å². The third-order valence-electron chi connectivity index (χ3n) is 3.01. The first-order chi connectivity index (χ1) is 10.5. The molecule has 0 aromatic heterocycles. The fraction of sp³-hybridized carbons (Fsp3) is 0.176. The molecule has 2 aromatic carbocycles. The van der Waals surface area contributed by atoms with Crippen LogP contribution in [0.3, 0.4) is 0 Å². The maximum atomic E-state index is 11.6. The molecule has 2 rings (SSSR count). The number of hydrogen-bond donors (Lipinski definition) is 2. The van der Waals surface area contributed by atoms with E-state index in [2.05, 4.69) is 5.32 Å². The molecule has 0 spiro atoms. The molecule has 2 aromatic rings. The molecule has 0 aliphatic carbocycles. The Labute approximate surface area is 129 Å². The van der Waals surface area contributed by atoms with Crippen LogP contribution in [0.25, 0.3) is 0 Å². The predicted molar refractivity (Wildman–Crippen MR) is 85.2 cm³/mol. The van der Waals surface area contributed by atoms with Crippen molar-refractivity contribution in [1.29, 1.82) is 0 Å². The molecule has 0 radical (unpaired) electrons. The highest BCUT2D eigenvalue weighted by Gasteiger charge is 2.08. The van der Waals surface area contributed by atoms with Gasteiger partial charge in [0, 0.05) is 17.3 Å². The molecule has 0 fully saturated rings. The lowest BCUT2D eigenvalue weighted by Gasteiger charge is -2.10. The Morgan fingerprint density at radius 2 is 1.77 bits per heavy atom. The minimum absolute atomic E-state index is 0.00663. The average Bonchev–Trinajstić information content (AvgIpc) is 2.48. The van der Waals surface area contributed by atoms with E-state index in [0.717, 1.165) is 0 Å². The summed E-state index contributed by atoms with van der Waals surface area (Å²) in [5.74, 6) is 0.939. The van der Waals surface area contributed by atoms with Crippen LogP contribution < -0.4 is 15.8 Å². The molecule has 1 amide bonds. The van der Waals surface area contributed by atoms with Crippen LogP contribution in [-0.4, -0.2) is 17.7 Å². The van der Waals surface area contributed by atoms with E-state index in [4.69, 9.17) is 10.5 Å². The van der Waals surface area contributed by atoms with Gasteiger partial charge in [-0.05, 0) is 50.2 Å². The fourth-order valence-electron chi connectivity index (χ4n) is 1.79. The number of ether oxygens (including phenoxy) is 1. The van der Waals surface area contributed by atoms with Crippen LogP contribution in [0.1, 0.15) is 24.2 Å². The second-order valence-electron chi connectivity index (χ2n) is 4.99. The molecule has 0 saturated carbocycles. The Bertz CT molecular complexity index is 679. The van der Waals surface area contributed by atoms with Gasteiger partial charge < -0.3 is 15.8 Å². The van der Waals surface area contributed by atoms with Crippen LogP contribution in [0.4, 0.5) is 5.69 Å². The number of Topliss-reactive ketones (excluding diaryl/α,β-unsaturated/α-hetero) is 1. The van der Waals surface area contributed by atoms with Gasteiger partial charge in [0.25, 0.3) is 0 Å². The molecular weight excluding hydrogens is 280 g/mol. The van der Waals surface area contributed by atoms with Crippen LogP contribution in [0.2, 0.25) is 0 Å². The summed E-state index contributed by atoms with van der Waals surface area (Å²) < 4.78 is 5.70. The van der Waals surface area contributed by atoms with Gasteiger partial charge >= 0.3 is 0 Å². The number of nitrogens with one attached hydrogen (secondary N) is 1. The number of hydrogen-bond acceptors (Lipinski definition) is 4. The number of carbonyl (C=O) groups is 2. The van der Waals surface area contributed by atoms with Gasteiger partial charge in [0.05, 0.1) is 6.04 Å². The van der Waals surface area contributed by atoms with Gasteiger partial charge in [0.1, 0.15) is 11.5 Å². The summed E-state index contributed by atoms with van der Waals surface area (Å²) >= 11 is 0. The van der Waals surface area contributed by atoms with Crippen molar-refractivity contribution in [2.75, 3.05) is 5.32 Å². The smallest absolute Gasteiger partial charge is 0.241 e. The van der Waals surface area contributed by atoms with Crippen molar-refractivity contribution in [2.24, 2.45) is 5.73 Å². The zero-order chi connectivity index (χ0) is 16.1. The topological polar surface area (TPSA) is 81.4 Å². The minimum Gasteiger partial charge on any atom is -0.457 e. The first-order valence-electron chi connectivity index (χ1n) is 6.91. The molecule has 114 valence electrons. The van der Waals surface area contributed by atoms with Crippen LogP contribution >= 0.6 is 0 Å². The van der Waals surface area contributed by atoms with Crippen molar-refractivity contribution in [3.8, 4) is 11.5 Å². The molecule has 1 unspecified atom stereocenters. The minimum atomic E-state index is -0.580. The van der Waals surface area contributed by atoms with Gasteiger partial charge in [-0.1, -0.05) is 6.07 Å². The van der Waals surface area contributed by atoms with Gasteiger partial charge in [-0.15, -0.1) is 0 Å². The van der Waals surface area contributed by atoms with E-state index in [1.807, 2.05) is 0 Å². The quantitative estimate of drug-likeness (QED) is 0.831. The lowest BCUT2D eigenvalue weighted by atomic mass is 10.1. The van der Waals surface area contributed by atoms with Crippen molar-refractivity contribution in [3.05, 3.63) is 54.1 Å². The van der Waals surface area contributed by atoms with Crippen LogP contribution in [-0.2, 0) is 4.79 Å². The molecule has 3 N–H and O–H groups in total. The highest BCUT2D eigenvalue weighted by molar-refractivity contribution is 5.94. The van der Waals surface area contributed by atoms with Crippen molar-refractivity contribution in [3.63, 3.8) is 0 Å². The number of benzene rings is 2. The van der Waals surface area contributed by atoms with Gasteiger partial charge in [-0.3, -0.25) is 9.59 Å². The Kier molecular flexibility index (Phi) is 4.91. The van der Waals surface area contributed by atoms with E-state index < -0.39 is 6.04 Å². The standard InChI is InChI=1S/C17H18N2O3/c1-11(18)17(21)19-14-4-3-5-16(10-14)22-15-8-6-13(7-9-15)12(2)20/h3-11H,18H2,1-2H3,(H,19,21). The molecule has 0 heterocycles. The van der Waals surface area contributed by atoms with Gasteiger partial charge in [-0.2, -0.15) is 0 Å². The summed E-state index contributed by atoms with van der Waals surface area (Å²) in [5.41, 5.74) is 6.75. The normalized spacial score (nSPS) is 11.6. The highest BCUT2D eigenvalue weighted by Crippen LogP contribution is 2.24. The first-order valence-corrected chi connectivity index (χ1v) is 6.91. The molecule has 5 heteroatoms. The number of amides is 1. The van der Waals surface area contributed by atoms with Gasteiger partial charge in [0.15, 0.2) is 5.78 Å². The number of nitrogens with two attached hydrogens (primary N) is 1. The van der Waals surface area contributed by atoms with Crippen LogP contribution in [0, 0.1) is 0 Å². The first kappa shape index (κ1) is 15.7. The lowest BCUT2D eigenvalue weighted by Crippen LogP contribution is -2.32. The molecule has 0 saturated heterocycles. The summed E-state index contributed by atoms with van der Waals surface area (Å²) in [6.45, 7) is 3.13. The molecule has 5 nitrogen and oxygen atoms in total. The molecular formula is C17H18N2O3. The van der Waals surface area contributed by atoms with E-state index in [9.17, 15) is 9.59 Å². The molecule has 0 aliphatic rings. The van der Waals surface area contributed by atoms with E-state index in [0.29, 0.717) is 22.7 Å². The van der Waals surface area contributed by atoms with Crippen molar-refractivity contribution in [1.82, 2.24) is 0 Å². The lowest BCUT2D eigenvalue weighted by molar-refractivity contribution is -0.117. The zero-order valence-corrected chi connectivity index (χ0v) is 12.5. The summed E-state index contributed by atoms with van der Waals surface area (Å²) in [7, 11) is 0. The van der Waals surface area contributed by atoms with Crippen molar-refractivity contribution < 1.29 is 14.3 Å². The van der Waals surface area contributed by atoms with E-state index >= 15 is 0 Å². The predicted octanol–water partition coefficient (Wildman–Crippen LogP) is 2.97. The second kappa shape index (κ2) is 6.87. The Morgan fingerprint density at radius 3 is 2.36 bits per heavy atom. The fourth-order valence-corrected chi connectivity index (χ4v) is 1.79. The molecule has 1 atom stereocenters. The summed E-state index contributed by atoms with van der Waals surface area (Å²) in [4.78, 5) is 22.8. The van der Waals surface area contributed by atoms with Crippen LogP contribution in [0.5, 0.6) is 11.5 Å².